The highest BCUT2D eigenvalue weighted by Gasteiger charge is 2.02. The Morgan fingerprint density at radius 1 is 1.00 bits per heavy atom. The number of nitrogens with one attached hydrogen (secondary N) is 2. The van der Waals surface area contributed by atoms with Gasteiger partial charge in [-0.25, -0.2) is 4.39 Å². The number of benzene rings is 2. The van der Waals surface area contributed by atoms with Crippen LogP contribution in [0, 0.1) is 5.82 Å². The number of aromatic nitrogens is 1. The molecule has 0 radical (unpaired) electrons. The summed E-state index contributed by atoms with van der Waals surface area (Å²) in [7, 11) is 0. The summed E-state index contributed by atoms with van der Waals surface area (Å²) < 4.78 is 12.9. The molecule has 0 fully saturated rings. The molecule has 118 valence electrons. The normalized spacial score (nSPS) is 11.0. The average molecular weight is 310 g/mol. The molecule has 2 aromatic carbocycles. The van der Waals surface area contributed by atoms with E-state index in [1.54, 1.807) is 12.1 Å². The predicted molar refractivity (Wildman–Crippen MR) is 90.9 cm³/mol. The number of hydrogen-bond donors (Lipinski definition) is 2. The van der Waals surface area contributed by atoms with Gasteiger partial charge in [0.2, 0.25) is 0 Å². The lowest BCUT2D eigenvalue weighted by atomic mass is 10.1. The second-order valence-corrected chi connectivity index (χ2v) is 5.63. The smallest absolute Gasteiger partial charge is 0.251 e. The van der Waals surface area contributed by atoms with Gasteiger partial charge in [0.05, 0.1) is 0 Å². The van der Waals surface area contributed by atoms with Crippen LogP contribution in [0.25, 0.3) is 10.9 Å². The van der Waals surface area contributed by atoms with Crippen molar-refractivity contribution in [2.75, 3.05) is 0 Å². The molecule has 0 bridgehead atoms. The van der Waals surface area contributed by atoms with Crippen molar-refractivity contribution in [2.24, 2.45) is 0 Å². The first-order valence-electron chi connectivity index (χ1n) is 7.75. The van der Waals surface area contributed by atoms with Gasteiger partial charge in [0, 0.05) is 24.2 Å². The lowest BCUT2D eigenvalue weighted by molar-refractivity contribution is 0.625. The molecule has 0 saturated heterocycles. The Kier molecular flexibility index (Phi) is 4.53. The number of fused-ring (bicyclic) bond motifs is 1. The zero-order chi connectivity index (χ0) is 16.2. The van der Waals surface area contributed by atoms with Gasteiger partial charge in [-0.3, -0.25) is 4.79 Å². The Labute approximate surface area is 134 Å². The van der Waals surface area contributed by atoms with E-state index in [1.165, 1.54) is 12.1 Å². The minimum atomic E-state index is -0.223. The second kappa shape index (κ2) is 6.75. The first-order chi connectivity index (χ1) is 11.2. The van der Waals surface area contributed by atoms with E-state index in [-0.39, 0.29) is 11.4 Å². The summed E-state index contributed by atoms with van der Waals surface area (Å²) >= 11 is 0. The molecule has 0 saturated carbocycles. The standard InChI is InChI=1S/C19H19FN2O/c1-2-15-10-16-6-3-14(9-18(16)22-19(15)23)12-21-11-13-4-7-17(20)8-5-13/h3-10,21H,2,11-12H2,1H3,(H,22,23). The molecule has 0 aliphatic heterocycles. The molecule has 0 spiro atoms. The van der Waals surface area contributed by atoms with E-state index in [1.807, 2.05) is 25.1 Å². The zero-order valence-electron chi connectivity index (χ0n) is 13.0. The molecule has 0 aliphatic rings. The topological polar surface area (TPSA) is 44.9 Å². The molecule has 1 heterocycles. The van der Waals surface area contributed by atoms with Crippen LogP contribution in [0.4, 0.5) is 4.39 Å². The third-order valence-electron chi connectivity index (χ3n) is 3.94. The van der Waals surface area contributed by atoms with Crippen molar-refractivity contribution in [1.29, 1.82) is 0 Å². The number of pyridine rings is 1. The Hall–Kier alpha value is -2.46. The summed E-state index contributed by atoms with van der Waals surface area (Å²) in [6.07, 6.45) is 0.728. The largest absolute Gasteiger partial charge is 0.322 e. The molecule has 0 atom stereocenters. The lowest BCUT2D eigenvalue weighted by Crippen LogP contribution is -2.14. The van der Waals surface area contributed by atoms with Gasteiger partial charge in [0.1, 0.15) is 5.82 Å². The van der Waals surface area contributed by atoms with Gasteiger partial charge in [-0.15, -0.1) is 0 Å². The van der Waals surface area contributed by atoms with Crippen molar-refractivity contribution in [2.45, 2.75) is 26.4 Å². The number of aromatic amines is 1. The number of rotatable bonds is 5. The molecule has 3 nitrogen and oxygen atoms in total. The maximum atomic E-state index is 12.9. The number of hydrogen-bond acceptors (Lipinski definition) is 2. The third kappa shape index (κ3) is 3.66. The van der Waals surface area contributed by atoms with Crippen LogP contribution in [0.5, 0.6) is 0 Å². The highest BCUT2D eigenvalue weighted by molar-refractivity contribution is 5.79. The van der Waals surface area contributed by atoms with Gasteiger partial charge in [0.25, 0.3) is 5.56 Å². The second-order valence-electron chi connectivity index (χ2n) is 5.63. The predicted octanol–water partition coefficient (Wildman–Crippen LogP) is 3.52. The van der Waals surface area contributed by atoms with Crippen molar-refractivity contribution >= 4 is 10.9 Å². The van der Waals surface area contributed by atoms with Gasteiger partial charge < -0.3 is 10.3 Å². The fourth-order valence-electron chi connectivity index (χ4n) is 2.62. The Morgan fingerprint density at radius 3 is 2.43 bits per heavy atom. The minimum absolute atomic E-state index is 0.0172. The highest BCUT2D eigenvalue weighted by atomic mass is 19.1. The summed E-state index contributed by atoms with van der Waals surface area (Å²) in [6, 6.07) is 14.5. The molecular weight excluding hydrogens is 291 g/mol. The zero-order valence-corrected chi connectivity index (χ0v) is 13.0. The van der Waals surface area contributed by atoms with Gasteiger partial charge in [-0.2, -0.15) is 0 Å². The maximum absolute atomic E-state index is 12.9. The van der Waals surface area contributed by atoms with E-state index in [9.17, 15) is 9.18 Å². The molecule has 0 amide bonds. The average Bonchev–Trinajstić information content (AvgIpc) is 2.56. The molecule has 3 rings (SSSR count). The van der Waals surface area contributed by atoms with E-state index >= 15 is 0 Å². The number of halogens is 1. The van der Waals surface area contributed by atoms with Crippen LogP contribution < -0.4 is 10.9 Å². The van der Waals surface area contributed by atoms with Crippen LogP contribution >= 0.6 is 0 Å². The van der Waals surface area contributed by atoms with Crippen LogP contribution in [-0.4, -0.2) is 4.98 Å². The van der Waals surface area contributed by atoms with Crippen molar-refractivity contribution < 1.29 is 4.39 Å². The monoisotopic (exact) mass is 310 g/mol. The highest BCUT2D eigenvalue weighted by Crippen LogP contribution is 2.14. The maximum Gasteiger partial charge on any atom is 0.251 e. The van der Waals surface area contributed by atoms with Crippen LogP contribution in [-0.2, 0) is 19.5 Å². The van der Waals surface area contributed by atoms with Gasteiger partial charge >= 0.3 is 0 Å². The van der Waals surface area contributed by atoms with E-state index in [0.717, 1.165) is 34.0 Å². The Morgan fingerprint density at radius 2 is 1.70 bits per heavy atom. The van der Waals surface area contributed by atoms with Crippen molar-refractivity contribution in [3.8, 4) is 0 Å². The minimum Gasteiger partial charge on any atom is -0.322 e. The van der Waals surface area contributed by atoms with E-state index in [4.69, 9.17) is 0 Å². The SMILES string of the molecule is CCc1cc2ccc(CNCc3ccc(F)cc3)cc2[nH]c1=O. The Bertz CT molecular complexity index is 869. The fourth-order valence-corrected chi connectivity index (χ4v) is 2.62. The summed E-state index contributed by atoms with van der Waals surface area (Å²) in [4.78, 5) is 14.8. The Balaban J connectivity index is 1.70. The summed E-state index contributed by atoms with van der Waals surface area (Å²) in [6.45, 7) is 3.33. The molecule has 0 unspecified atom stereocenters. The molecule has 23 heavy (non-hydrogen) atoms. The third-order valence-corrected chi connectivity index (χ3v) is 3.94. The van der Waals surface area contributed by atoms with E-state index in [0.29, 0.717) is 13.1 Å². The lowest BCUT2D eigenvalue weighted by Gasteiger charge is -2.07. The fraction of sp³-hybridized carbons (Fsp3) is 0.211. The number of aryl methyl sites for hydroxylation is 1. The summed E-state index contributed by atoms with van der Waals surface area (Å²) in [5.74, 6) is -0.223. The first-order valence-corrected chi connectivity index (χ1v) is 7.75. The van der Waals surface area contributed by atoms with Crippen molar-refractivity contribution in [3.63, 3.8) is 0 Å². The molecule has 0 aliphatic carbocycles. The molecular formula is C19H19FN2O. The van der Waals surface area contributed by atoms with E-state index < -0.39 is 0 Å². The van der Waals surface area contributed by atoms with Crippen LogP contribution in [0.3, 0.4) is 0 Å². The molecule has 3 aromatic rings. The van der Waals surface area contributed by atoms with Gasteiger partial charge in [0.15, 0.2) is 0 Å². The first kappa shape index (κ1) is 15.4. The van der Waals surface area contributed by atoms with Crippen LogP contribution in [0.1, 0.15) is 23.6 Å². The summed E-state index contributed by atoms with van der Waals surface area (Å²) in [5.41, 5.74) is 3.78. The van der Waals surface area contributed by atoms with Crippen molar-refractivity contribution in [1.82, 2.24) is 10.3 Å². The summed E-state index contributed by atoms with van der Waals surface area (Å²) in [5, 5.41) is 4.37. The van der Waals surface area contributed by atoms with Crippen molar-refractivity contribution in [3.05, 3.63) is 81.4 Å². The van der Waals surface area contributed by atoms with Gasteiger partial charge in [-0.05, 0) is 47.2 Å². The quantitative estimate of drug-likeness (QED) is 0.757. The number of H-pyrrole nitrogens is 1. The van der Waals surface area contributed by atoms with Gasteiger partial charge in [-0.1, -0.05) is 31.2 Å². The van der Waals surface area contributed by atoms with E-state index in [2.05, 4.69) is 16.4 Å². The molecule has 4 heteroatoms. The van der Waals surface area contributed by atoms with Crippen LogP contribution in [0.15, 0.2) is 53.3 Å². The van der Waals surface area contributed by atoms with Crippen LogP contribution in [0.2, 0.25) is 0 Å². The molecule has 1 aromatic heterocycles. The molecule has 2 N–H and O–H groups in total.